The highest BCUT2D eigenvalue weighted by molar-refractivity contribution is 7.00. The van der Waals surface area contributed by atoms with Gasteiger partial charge in [0, 0.05) is 106 Å². The Morgan fingerprint density at radius 2 is 0.630 bits per heavy atom. The summed E-state index contributed by atoms with van der Waals surface area (Å²) in [5.41, 5.74) is 24.6. The van der Waals surface area contributed by atoms with Crippen molar-refractivity contribution in [2.75, 3.05) is 9.80 Å². The summed E-state index contributed by atoms with van der Waals surface area (Å²) < 4.78 is 161. The Morgan fingerprint density at radius 3 is 1.11 bits per heavy atom. The van der Waals surface area contributed by atoms with Crippen LogP contribution in [0.5, 0.6) is 23.0 Å². The molecule has 4 aliphatic heterocycles. The zero-order chi connectivity index (χ0) is 104. The monoisotopic (exact) mass is 1780 g/mol. The molecule has 0 saturated heterocycles. The Bertz CT molecular complexity index is 9590. The van der Waals surface area contributed by atoms with Crippen LogP contribution in [0.1, 0.15) is 116 Å². The van der Waals surface area contributed by atoms with E-state index < -0.39 is 76.7 Å². The summed E-state index contributed by atoms with van der Waals surface area (Å²) in [6.07, 6.45) is 0. The van der Waals surface area contributed by atoms with Crippen LogP contribution in [0.4, 0.5) is 34.1 Å². The molecule has 7 nitrogen and oxygen atoms in total. The van der Waals surface area contributed by atoms with Crippen LogP contribution in [0, 0.1) is 0 Å². The molecule has 138 heavy (non-hydrogen) atoms. The molecule has 6 aliphatic rings. The van der Waals surface area contributed by atoms with Crippen molar-refractivity contribution in [3.63, 3.8) is 0 Å². The van der Waals surface area contributed by atoms with E-state index in [0.717, 1.165) is 156 Å². The number of aromatic nitrogens is 3. The lowest BCUT2D eigenvalue weighted by molar-refractivity contribution is 0.436. The van der Waals surface area contributed by atoms with E-state index in [0.29, 0.717) is 57.0 Å². The molecule has 23 aromatic rings. The van der Waals surface area contributed by atoms with Crippen LogP contribution in [0.2, 0.25) is 0 Å². The zero-order valence-corrected chi connectivity index (χ0v) is 76.1. The van der Waals surface area contributed by atoms with Gasteiger partial charge in [-0.05, 0) is 257 Å². The van der Waals surface area contributed by atoms with Crippen LogP contribution in [0.15, 0.2) is 436 Å². The van der Waals surface area contributed by atoms with E-state index in [1.54, 1.807) is 9.13 Å². The minimum atomic E-state index is -0.899. The number of para-hydroxylation sites is 8. The first-order valence-electron chi connectivity index (χ1n) is 54.2. The minimum Gasteiger partial charge on any atom is -0.457 e. The van der Waals surface area contributed by atoms with E-state index in [1.807, 2.05) is 84.0 Å². The molecule has 0 unspecified atom stereocenters. The van der Waals surface area contributed by atoms with Crippen molar-refractivity contribution >= 4 is 123 Å². The smallest absolute Gasteiger partial charge is 0.252 e. The molecule has 3 aromatic heterocycles. The third-order valence-corrected chi connectivity index (χ3v) is 30.0. The Kier molecular flexibility index (Phi) is 13.7. The largest absolute Gasteiger partial charge is 0.457 e. The number of nitrogens with zero attached hydrogens (tertiary/aromatic N) is 5. The summed E-state index contributed by atoms with van der Waals surface area (Å²) in [7, 11) is 0. The fourth-order valence-electron chi connectivity index (χ4n) is 24.1. The lowest BCUT2D eigenvalue weighted by Gasteiger charge is -2.45. The Labute approximate surface area is 821 Å². The van der Waals surface area contributed by atoms with Crippen LogP contribution < -0.4 is 35.7 Å². The van der Waals surface area contributed by atoms with Crippen molar-refractivity contribution in [3.05, 3.63) is 492 Å². The van der Waals surface area contributed by atoms with Gasteiger partial charge in [-0.2, -0.15) is 0 Å². The number of hydrogen-bond acceptors (Lipinski definition) is 4. The summed E-state index contributed by atoms with van der Waals surface area (Å²) >= 11 is 0. The third-order valence-electron chi connectivity index (χ3n) is 30.0. The fourth-order valence-corrected chi connectivity index (χ4v) is 24.1. The van der Waals surface area contributed by atoms with Crippen molar-refractivity contribution in [1.82, 2.24) is 13.7 Å². The average molecular weight is 1780 g/mol. The second-order valence-electron chi connectivity index (χ2n) is 39.3. The molecule has 0 N–H and O–H groups in total. The molecule has 0 bridgehead atoms. The first-order valence-corrected chi connectivity index (χ1v) is 47.2. The molecule has 20 aromatic carbocycles. The number of hydrogen-bond donors (Lipinski definition) is 0. The van der Waals surface area contributed by atoms with E-state index >= 15 is 0 Å². The van der Waals surface area contributed by atoms with Gasteiger partial charge in [-0.25, -0.2) is 0 Å². The van der Waals surface area contributed by atoms with Gasteiger partial charge in [-0.15, -0.1) is 0 Å². The molecule has 8 heteroatoms. The molecular weight excluding hydrogens is 1670 g/mol. The Hall–Kier alpha value is -16.9. The Balaban J connectivity index is 0.771. The van der Waals surface area contributed by atoms with E-state index in [2.05, 4.69) is 324 Å². The molecule has 2 spiro atoms. The van der Waals surface area contributed by atoms with Crippen LogP contribution >= 0.6 is 0 Å². The highest BCUT2D eigenvalue weighted by Crippen LogP contribution is 2.66. The van der Waals surface area contributed by atoms with Gasteiger partial charge in [0.25, 0.3) is 6.71 Å². The summed E-state index contributed by atoms with van der Waals surface area (Å²) in [4.78, 5) is 4.68. The number of fused-ring (bicyclic) bond motifs is 31. The Morgan fingerprint density at radius 1 is 0.246 bits per heavy atom. The van der Waals surface area contributed by atoms with Gasteiger partial charge < -0.3 is 33.0 Å². The lowest BCUT2D eigenvalue weighted by atomic mass is 9.33. The number of anilines is 6. The first kappa shape index (κ1) is 65.6. The number of rotatable bonds is 8. The van der Waals surface area contributed by atoms with Gasteiger partial charge in [0.1, 0.15) is 23.0 Å². The maximum absolute atomic E-state index is 10.5. The van der Waals surface area contributed by atoms with Crippen LogP contribution in [0.25, 0.3) is 138 Å². The molecule has 7 heterocycles. The van der Waals surface area contributed by atoms with E-state index in [1.165, 1.54) is 0 Å². The minimum absolute atomic E-state index is 0.0154. The van der Waals surface area contributed by atoms with Crippen molar-refractivity contribution in [2.24, 2.45) is 0 Å². The molecule has 0 radical (unpaired) electrons. The third kappa shape index (κ3) is 10.9. The van der Waals surface area contributed by atoms with Crippen molar-refractivity contribution in [3.8, 4) is 95.7 Å². The van der Waals surface area contributed by atoms with Crippen molar-refractivity contribution in [1.29, 1.82) is 0 Å². The highest BCUT2D eigenvalue weighted by Gasteiger charge is 2.54. The van der Waals surface area contributed by atoms with Gasteiger partial charge in [0.05, 0.1) is 74.5 Å². The van der Waals surface area contributed by atoms with Gasteiger partial charge >= 0.3 is 0 Å². The van der Waals surface area contributed by atoms with Crippen molar-refractivity contribution in [2.45, 2.75) is 63.2 Å². The number of ether oxygens (including phenoxy) is 2. The van der Waals surface area contributed by atoms with Crippen LogP contribution in [0.3, 0.4) is 0 Å². The van der Waals surface area contributed by atoms with E-state index in [-0.39, 0.29) is 91.0 Å². The molecule has 0 atom stereocenters. The van der Waals surface area contributed by atoms with Gasteiger partial charge in [0.15, 0.2) is 0 Å². The highest BCUT2D eigenvalue weighted by atomic mass is 16.5. The molecular formula is C130H90BN5O2. The summed E-state index contributed by atoms with van der Waals surface area (Å²) in [6, 6.07) is 119. The molecule has 650 valence electrons. The summed E-state index contributed by atoms with van der Waals surface area (Å²) in [6.45, 7) is 10.5. The lowest BCUT2D eigenvalue weighted by Crippen LogP contribution is -2.61. The predicted molar refractivity (Wildman–Crippen MR) is 572 cm³/mol. The normalized spacial score (nSPS) is 15.5. The topological polar surface area (TPSA) is 39.7 Å². The standard InChI is InChI=1S/C130H90BN5O2/c1-127(2,3)83-59-66-116-98(75-83)95-41-17-28-52-113(95)133(116)86-61-63-108-118(77-86)135(110-49-25-14-34-88(110)80-57-68-124-106(71-80)129(104-47-23-30-54-122(104)137-124)100-43-19-10-36-90(100)91-37-11-20-44-101(91)129)120-73-82(79-56-65-115-97(70-79)94-40-16-27-51-112(94)132(115)85-32-8-7-9-33-85)74-121-126(120)131(108)109-64-62-87(134-114-53-29-18-42-96(114)99-76-84(128(4,5)6)60-67-117(99)134)78-119(109)136(121)111-50-26-15-35-89(111)81-58-69-125-107(72-81)130(105-48-24-31-55-123(105)138-125)102-45-21-12-38-92(102)93-39-13-22-46-103(93)130/h7-78H,1-6H3/i17D,18D,28D,29D,41D,42D,52D,53D,59D,60D,66D,67D,75D,76D. The molecule has 0 fully saturated rings. The maximum Gasteiger partial charge on any atom is 0.252 e. The van der Waals surface area contributed by atoms with Gasteiger partial charge in [-0.3, -0.25) is 0 Å². The summed E-state index contributed by atoms with van der Waals surface area (Å²) in [5.74, 6) is 2.84. The van der Waals surface area contributed by atoms with E-state index in [4.69, 9.17) is 9.47 Å². The van der Waals surface area contributed by atoms with Crippen LogP contribution in [-0.4, -0.2) is 20.4 Å². The second kappa shape index (κ2) is 28.8. The van der Waals surface area contributed by atoms with Gasteiger partial charge in [0.2, 0.25) is 0 Å². The average Bonchev–Trinajstić information content (AvgIpc) is 1.41. The first-order chi connectivity index (χ1) is 73.6. The summed E-state index contributed by atoms with van der Waals surface area (Å²) in [5, 5.41) is 2.28. The van der Waals surface area contributed by atoms with Gasteiger partial charge in [-0.1, -0.05) is 326 Å². The molecule has 2 aliphatic carbocycles. The molecule has 29 rings (SSSR count). The molecule has 0 saturated carbocycles. The van der Waals surface area contributed by atoms with E-state index in [9.17, 15) is 19.2 Å². The molecule has 0 amide bonds. The number of benzene rings is 20. The quantitative estimate of drug-likeness (QED) is 0.142. The second-order valence-corrected chi connectivity index (χ2v) is 39.3. The van der Waals surface area contributed by atoms with Crippen LogP contribution in [-0.2, 0) is 21.7 Å². The SMILES string of the molecule is [2H]c1c([2H])c([2H])c2c(c1[2H])c1c([2H])c(C(C)(C)C)c([2H])c([2H])c1n2-c1ccc2c(c1)N(c1ccccc1-c1ccc3c(c1)C1(c4ccccc4O3)c3ccccc3-c3ccccc31)c1cc(-c3ccc4c(c3)c3ccccc3n4-c3ccccc3)cc3c1B2c1ccc(-n2c4c([2H])c([2H])c([2H])c([2H])c4c4c([2H])c(C(C)(C)C)c([2H])c([2H])c42)cc1N3c1ccccc1-c1ccc2c(c1)C1(c3ccccc3O2)c2ccccc2-c2ccccc21. The predicted octanol–water partition coefficient (Wildman–Crippen LogP) is 31.6. The zero-order valence-electron chi connectivity index (χ0n) is 90.1. The maximum atomic E-state index is 10.5. The fraction of sp³-hybridized carbons (Fsp3) is 0.0769. The van der Waals surface area contributed by atoms with Crippen molar-refractivity contribution < 1.29 is 28.7 Å².